The summed E-state index contributed by atoms with van der Waals surface area (Å²) in [6.45, 7) is 6.70. The lowest BCUT2D eigenvalue weighted by molar-refractivity contribution is 0.294. The van der Waals surface area contributed by atoms with Gasteiger partial charge in [0.2, 0.25) is 0 Å². The molecule has 0 saturated carbocycles. The second kappa shape index (κ2) is 29.4. The Hall–Kier alpha value is 0.452. The summed E-state index contributed by atoms with van der Waals surface area (Å²) < 4.78 is 0. The minimum Gasteiger partial charge on any atom is -0.396 e. The van der Waals surface area contributed by atoms with E-state index in [1.54, 1.807) is 0 Å². The van der Waals surface area contributed by atoms with E-state index in [1.165, 1.54) is 18.1 Å². The minimum absolute atomic E-state index is 0.319. The lowest BCUT2D eigenvalue weighted by Gasteiger charge is -1.79. The molecule has 0 amide bonds. The third-order valence-electron chi connectivity index (χ3n) is 1.00. The van der Waals surface area contributed by atoms with Crippen molar-refractivity contribution in [1.29, 1.82) is 0 Å². The molecule has 0 fully saturated rings. The van der Waals surface area contributed by atoms with Gasteiger partial charge in [-0.1, -0.05) is 33.6 Å². The van der Waals surface area contributed by atoms with Crippen molar-refractivity contribution in [2.75, 3.05) is 13.2 Å². The molecule has 13 heavy (non-hydrogen) atoms. The van der Waals surface area contributed by atoms with Crippen LogP contribution < -0.4 is 0 Å². The molecule has 0 spiro atoms. The van der Waals surface area contributed by atoms with Gasteiger partial charge in [0.15, 0.2) is 0 Å². The topological polar surface area (TPSA) is 40.5 Å². The molecular formula is C10H25AlO2. The van der Waals surface area contributed by atoms with Crippen LogP contribution in [-0.4, -0.2) is 39.7 Å². The molecule has 0 saturated heterocycles. The average Bonchev–Trinajstić information content (AvgIpc) is 2.20. The monoisotopic (exact) mass is 204 g/mol. The van der Waals surface area contributed by atoms with Crippen LogP contribution in [0.1, 0.15) is 46.5 Å². The number of hydrogen-bond acceptors (Lipinski definition) is 2. The quantitative estimate of drug-likeness (QED) is 0.689. The normalized spacial score (nSPS) is 7.77. The number of aliphatic hydroxyl groups is 2. The van der Waals surface area contributed by atoms with E-state index in [0.717, 1.165) is 12.8 Å². The van der Waals surface area contributed by atoms with Crippen molar-refractivity contribution >= 4 is 16.3 Å². The maximum absolute atomic E-state index is 7.88. The Morgan fingerprint density at radius 3 is 1.15 bits per heavy atom. The summed E-state index contributed by atoms with van der Waals surface area (Å²) in [5.74, 6) is 0. The first kappa shape index (κ1) is 19.1. The molecule has 2 nitrogen and oxygen atoms in total. The molecule has 0 aromatic rings. The van der Waals surface area contributed by atoms with Crippen LogP contribution in [0.3, 0.4) is 0 Å². The average molecular weight is 204 g/mol. The van der Waals surface area contributed by atoms with Gasteiger partial charge in [0, 0.05) is 13.2 Å². The molecule has 0 aliphatic carbocycles. The van der Waals surface area contributed by atoms with E-state index >= 15 is 0 Å². The van der Waals surface area contributed by atoms with Crippen LogP contribution in [0.15, 0.2) is 0 Å². The predicted molar refractivity (Wildman–Crippen MR) is 60.2 cm³/mol. The standard InChI is InChI=1S/C4H9.2C3H8O.Al/c1-3-4-2;2*1-2-3-4;/h1,3-4H2,2H3;2*4H,2-3H2,1H3;. The van der Waals surface area contributed by atoms with Gasteiger partial charge in [-0.15, -0.1) is 5.28 Å². The molecule has 0 atom stereocenters. The van der Waals surface area contributed by atoms with Gasteiger partial charge in [0.05, 0.1) is 0 Å². The molecule has 2 radical (unpaired) electrons. The molecule has 0 heterocycles. The fourth-order valence-corrected chi connectivity index (χ4v) is 0.612. The van der Waals surface area contributed by atoms with Crippen molar-refractivity contribution in [1.82, 2.24) is 0 Å². The van der Waals surface area contributed by atoms with E-state index < -0.39 is 0 Å². The van der Waals surface area contributed by atoms with E-state index in [4.69, 9.17) is 10.2 Å². The minimum atomic E-state index is 0.319. The van der Waals surface area contributed by atoms with Gasteiger partial charge in [-0.3, -0.25) is 0 Å². The molecular weight excluding hydrogens is 179 g/mol. The first-order valence-corrected chi connectivity index (χ1v) is 5.98. The van der Waals surface area contributed by atoms with Crippen LogP contribution in [-0.2, 0) is 0 Å². The highest BCUT2D eigenvalue weighted by Gasteiger charge is 1.67. The van der Waals surface area contributed by atoms with Crippen molar-refractivity contribution in [2.24, 2.45) is 0 Å². The van der Waals surface area contributed by atoms with Gasteiger partial charge in [-0.2, -0.15) is 0 Å². The fourth-order valence-electron chi connectivity index (χ4n) is 0.204. The first-order chi connectivity index (χ1) is 6.24. The van der Waals surface area contributed by atoms with Crippen molar-refractivity contribution < 1.29 is 10.2 Å². The zero-order chi connectivity index (χ0) is 10.9. The van der Waals surface area contributed by atoms with E-state index in [9.17, 15) is 0 Å². The molecule has 0 rings (SSSR count). The summed E-state index contributed by atoms with van der Waals surface area (Å²) in [5, 5.41) is 17.0. The second-order valence-electron chi connectivity index (χ2n) is 2.59. The van der Waals surface area contributed by atoms with Crippen LogP contribution in [0, 0.1) is 0 Å². The molecule has 0 bridgehead atoms. The van der Waals surface area contributed by atoms with Gasteiger partial charge in [-0.25, -0.2) is 0 Å². The Morgan fingerprint density at radius 1 is 0.846 bits per heavy atom. The molecule has 2 N–H and O–H groups in total. The van der Waals surface area contributed by atoms with Crippen molar-refractivity contribution in [3.05, 3.63) is 0 Å². The van der Waals surface area contributed by atoms with E-state index in [2.05, 4.69) is 23.2 Å². The molecule has 0 aromatic heterocycles. The van der Waals surface area contributed by atoms with Crippen molar-refractivity contribution in [3.8, 4) is 0 Å². The van der Waals surface area contributed by atoms with Crippen LogP contribution in [0.2, 0.25) is 5.28 Å². The predicted octanol–water partition coefficient (Wildman–Crippen LogP) is 2.15. The zero-order valence-electron chi connectivity index (χ0n) is 9.42. The Balaban J connectivity index is -0.000000117. The smallest absolute Gasteiger partial charge is 0.118 e. The number of unbranched alkanes of at least 4 members (excludes halogenated alkanes) is 1. The van der Waals surface area contributed by atoms with E-state index in [0.29, 0.717) is 13.2 Å². The van der Waals surface area contributed by atoms with Crippen LogP contribution in [0.5, 0.6) is 0 Å². The van der Waals surface area contributed by atoms with Gasteiger partial charge in [0.25, 0.3) is 0 Å². The van der Waals surface area contributed by atoms with E-state index in [1.807, 2.05) is 13.8 Å². The summed E-state index contributed by atoms with van der Waals surface area (Å²) >= 11 is 2.70. The summed E-state index contributed by atoms with van der Waals surface area (Å²) in [5.41, 5.74) is 0. The molecule has 3 heteroatoms. The van der Waals surface area contributed by atoms with Crippen LogP contribution in [0.4, 0.5) is 0 Å². The molecule has 0 aliphatic heterocycles. The Bertz CT molecular complexity index is 42.2. The van der Waals surface area contributed by atoms with Gasteiger partial charge < -0.3 is 10.2 Å². The Morgan fingerprint density at radius 2 is 1.15 bits per heavy atom. The summed E-state index contributed by atoms with van der Waals surface area (Å²) in [4.78, 5) is 0. The van der Waals surface area contributed by atoms with Crippen molar-refractivity contribution in [3.63, 3.8) is 0 Å². The van der Waals surface area contributed by atoms with Crippen molar-refractivity contribution in [2.45, 2.75) is 51.7 Å². The highest BCUT2D eigenvalue weighted by atomic mass is 27.0. The lowest BCUT2D eigenvalue weighted by atomic mass is 10.4. The van der Waals surface area contributed by atoms with Gasteiger partial charge in [-0.05, 0) is 12.8 Å². The molecule has 80 valence electrons. The zero-order valence-corrected chi connectivity index (χ0v) is 10.6. The second-order valence-corrected chi connectivity index (χ2v) is 3.17. The van der Waals surface area contributed by atoms with Crippen LogP contribution >= 0.6 is 0 Å². The Labute approximate surface area is 91.8 Å². The largest absolute Gasteiger partial charge is 0.396 e. The third kappa shape index (κ3) is 68.6. The summed E-state index contributed by atoms with van der Waals surface area (Å²) in [6.07, 6.45) is 4.42. The number of rotatable bonds is 4. The SMILES string of the molecule is CCCO.CCCO.CCC[CH2][Al]. The summed E-state index contributed by atoms with van der Waals surface area (Å²) in [7, 11) is 0. The number of aliphatic hydroxyl groups excluding tert-OH is 2. The molecule has 0 unspecified atom stereocenters. The summed E-state index contributed by atoms with van der Waals surface area (Å²) in [6, 6.07) is 0. The molecule has 0 aromatic carbocycles. The maximum Gasteiger partial charge on any atom is 0.118 e. The first-order valence-electron chi connectivity index (χ1n) is 5.16. The highest BCUT2D eigenvalue weighted by molar-refractivity contribution is 6.08. The molecule has 0 aliphatic rings. The Kier molecular flexibility index (Phi) is 43.2. The maximum atomic E-state index is 7.88. The fraction of sp³-hybridized carbons (Fsp3) is 1.00. The highest BCUT2D eigenvalue weighted by Crippen LogP contribution is 1.86. The van der Waals surface area contributed by atoms with E-state index in [-0.39, 0.29) is 0 Å². The third-order valence-corrected chi connectivity index (χ3v) is 1.41. The van der Waals surface area contributed by atoms with Crippen LogP contribution in [0.25, 0.3) is 0 Å². The van der Waals surface area contributed by atoms with Gasteiger partial charge >= 0.3 is 0 Å². The van der Waals surface area contributed by atoms with Gasteiger partial charge in [0.1, 0.15) is 16.3 Å². The lowest BCUT2D eigenvalue weighted by Crippen LogP contribution is -1.69. The number of hydrogen-bond donors (Lipinski definition) is 2.